The number of nitriles is 1. The van der Waals surface area contributed by atoms with E-state index in [0.717, 1.165) is 0 Å². The van der Waals surface area contributed by atoms with Crippen LogP contribution < -0.4 is 25.2 Å². The minimum Gasteiger partial charge on any atom is -0.395 e. The molecule has 37 heavy (non-hydrogen) atoms. The van der Waals surface area contributed by atoms with Gasteiger partial charge in [0.05, 0.1) is 17.8 Å². The number of aromatic nitrogens is 2. The second kappa shape index (κ2) is 9.02. The number of hydrogen-bond acceptors (Lipinski definition) is 7. The van der Waals surface area contributed by atoms with Gasteiger partial charge in [-0.05, 0) is 49.6 Å². The number of nitrogens with one attached hydrogen (secondary N) is 2. The number of anilines is 2. The number of nitrogens with zero attached hydrogens (tertiary/aromatic N) is 3. The molecule has 0 spiro atoms. The van der Waals surface area contributed by atoms with Crippen molar-refractivity contribution in [2.75, 3.05) is 4.90 Å². The van der Waals surface area contributed by atoms with Gasteiger partial charge in [0.1, 0.15) is 5.82 Å². The first-order valence-corrected chi connectivity index (χ1v) is 11.3. The Morgan fingerprint density at radius 2 is 1.97 bits per heavy atom. The Hall–Kier alpha value is -4.79. The molecule has 2 aliphatic rings. The van der Waals surface area contributed by atoms with Gasteiger partial charge >= 0.3 is 6.29 Å². The lowest BCUT2D eigenvalue weighted by atomic mass is 10.0. The first-order valence-electron chi connectivity index (χ1n) is 11.3. The van der Waals surface area contributed by atoms with Crippen LogP contribution in [0.5, 0.6) is 11.5 Å². The number of ether oxygens (including phenoxy) is 2. The SMILES string of the molecule is Cc1ccc(N(C(=O)C2CC2)c2ccc3c(c2)OC(F)(F)O3)nc1-c1c[nH]c(=O)c(CC(=O)NC#N)c1. The molecule has 12 heteroatoms. The predicted molar refractivity (Wildman–Crippen MR) is 125 cm³/mol. The molecular formula is C25H19F2N5O5. The first kappa shape index (κ1) is 23.9. The summed E-state index contributed by atoms with van der Waals surface area (Å²) in [4.78, 5) is 45.9. The van der Waals surface area contributed by atoms with E-state index < -0.39 is 17.8 Å². The lowest BCUT2D eigenvalue weighted by molar-refractivity contribution is -0.286. The number of carbonyl (C=O) groups is 2. The molecule has 188 valence electrons. The second-order valence-corrected chi connectivity index (χ2v) is 8.66. The lowest BCUT2D eigenvalue weighted by Gasteiger charge is -2.23. The number of alkyl halides is 2. The zero-order valence-corrected chi connectivity index (χ0v) is 19.4. The Kier molecular flexibility index (Phi) is 5.83. The molecule has 0 atom stereocenters. The predicted octanol–water partition coefficient (Wildman–Crippen LogP) is 3.28. The Morgan fingerprint density at radius 1 is 1.22 bits per heavy atom. The second-order valence-electron chi connectivity index (χ2n) is 8.66. The first-order chi connectivity index (χ1) is 17.6. The fourth-order valence-corrected chi connectivity index (χ4v) is 3.98. The Labute approximate surface area is 208 Å². The molecule has 1 aliphatic carbocycles. The number of amides is 2. The summed E-state index contributed by atoms with van der Waals surface area (Å²) in [5, 5.41) is 10.6. The van der Waals surface area contributed by atoms with Gasteiger partial charge in [0.25, 0.3) is 5.56 Å². The van der Waals surface area contributed by atoms with Crippen LogP contribution in [0.25, 0.3) is 11.3 Å². The highest BCUT2D eigenvalue weighted by Gasteiger charge is 2.44. The smallest absolute Gasteiger partial charge is 0.395 e. The van der Waals surface area contributed by atoms with E-state index in [1.165, 1.54) is 41.6 Å². The number of halogens is 2. The highest BCUT2D eigenvalue weighted by atomic mass is 19.3. The molecule has 1 saturated carbocycles. The third-order valence-electron chi connectivity index (χ3n) is 5.90. The third kappa shape index (κ3) is 4.84. The van der Waals surface area contributed by atoms with Gasteiger partial charge in [0, 0.05) is 29.3 Å². The topological polar surface area (TPSA) is 137 Å². The van der Waals surface area contributed by atoms with Gasteiger partial charge in [-0.1, -0.05) is 6.07 Å². The van der Waals surface area contributed by atoms with Crippen molar-refractivity contribution in [2.45, 2.75) is 32.5 Å². The largest absolute Gasteiger partial charge is 0.586 e. The summed E-state index contributed by atoms with van der Waals surface area (Å²) in [6.07, 6.45) is 0.241. The van der Waals surface area contributed by atoms with Crippen molar-refractivity contribution >= 4 is 23.3 Å². The standard InChI is InChI=1S/C25H19F2N5O5/c1-13-2-7-20(31-22(13)16-8-15(23(34)29-11-16)9-21(33)30-12-28)32(24(35)14-3-4-14)17-5-6-18-19(10-17)37-25(26,27)36-18/h2,5-8,10-11,14H,3-4,9H2,1H3,(H,29,34)(H,30,33). The molecule has 0 saturated heterocycles. The summed E-state index contributed by atoms with van der Waals surface area (Å²) in [7, 11) is 0. The molecule has 2 aromatic heterocycles. The highest BCUT2D eigenvalue weighted by Crippen LogP contribution is 2.45. The lowest BCUT2D eigenvalue weighted by Crippen LogP contribution is -2.28. The maximum absolute atomic E-state index is 13.6. The van der Waals surface area contributed by atoms with E-state index in [0.29, 0.717) is 29.7 Å². The average molecular weight is 507 g/mol. The van der Waals surface area contributed by atoms with Crippen molar-refractivity contribution in [3.05, 3.63) is 64.1 Å². The number of carbonyl (C=O) groups excluding carboxylic acids is 2. The van der Waals surface area contributed by atoms with Gasteiger partial charge in [-0.25, -0.2) is 4.98 Å². The number of H-pyrrole nitrogens is 1. The van der Waals surface area contributed by atoms with E-state index in [1.807, 2.05) is 5.32 Å². The van der Waals surface area contributed by atoms with Crippen LogP contribution in [0.15, 0.2) is 47.4 Å². The molecule has 2 N–H and O–H groups in total. The van der Waals surface area contributed by atoms with Crippen molar-refractivity contribution in [2.24, 2.45) is 5.92 Å². The van der Waals surface area contributed by atoms with Crippen LogP contribution in [0.1, 0.15) is 24.0 Å². The summed E-state index contributed by atoms with van der Waals surface area (Å²) in [6, 6.07) is 8.92. The molecule has 3 heterocycles. The molecule has 0 radical (unpaired) electrons. The Balaban J connectivity index is 1.55. The van der Waals surface area contributed by atoms with Crippen LogP contribution in [0, 0.1) is 24.3 Å². The summed E-state index contributed by atoms with van der Waals surface area (Å²) in [6.45, 7) is 1.79. The van der Waals surface area contributed by atoms with Crippen LogP contribution in [0.2, 0.25) is 0 Å². The van der Waals surface area contributed by atoms with Crippen LogP contribution in [-0.2, 0) is 16.0 Å². The number of aryl methyl sites for hydroxylation is 1. The number of hydrogen-bond donors (Lipinski definition) is 2. The molecule has 3 aromatic rings. The van der Waals surface area contributed by atoms with Gasteiger partial charge in [0.2, 0.25) is 11.8 Å². The van der Waals surface area contributed by atoms with E-state index in [1.54, 1.807) is 19.1 Å². The molecule has 1 aromatic carbocycles. The number of aromatic amines is 1. The van der Waals surface area contributed by atoms with Crippen LogP contribution in [0.4, 0.5) is 20.3 Å². The van der Waals surface area contributed by atoms with E-state index in [9.17, 15) is 23.2 Å². The molecule has 5 rings (SSSR count). The number of fused-ring (bicyclic) bond motifs is 1. The van der Waals surface area contributed by atoms with Crippen molar-refractivity contribution in [1.29, 1.82) is 5.26 Å². The van der Waals surface area contributed by atoms with Gasteiger partial charge in [-0.3, -0.25) is 24.6 Å². The average Bonchev–Trinajstić information content (AvgIpc) is 3.64. The van der Waals surface area contributed by atoms with Crippen molar-refractivity contribution in [1.82, 2.24) is 15.3 Å². The molecule has 1 aliphatic heterocycles. The maximum atomic E-state index is 13.6. The van der Waals surface area contributed by atoms with Crippen molar-refractivity contribution in [3.8, 4) is 28.9 Å². The van der Waals surface area contributed by atoms with Gasteiger partial charge < -0.3 is 14.5 Å². The fourth-order valence-electron chi connectivity index (χ4n) is 3.98. The Morgan fingerprint density at radius 3 is 2.70 bits per heavy atom. The summed E-state index contributed by atoms with van der Waals surface area (Å²) < 4.78 is 36.1. The summed E-state index contributed by atoms with van der Waals surface area (Å²) in [5.41, 5.74) is 1.52. The van der Waals surface area contributed by atoms with Gasteiger partial charge in [0.15, 0.2) is 17.7 Å². The van der Waals surface area contributed by atoms with Crippen LogP contribution in [-0.4, -0.2) is 28.1 Å². The number of pyridine rings is 2. The zero-order chi connectivity index (χ0) is 26.3. The number of rotatable bonds is 6. The molecular weight excluding hydrogens is 488 g/mol. The minimum absolute atomic E-state index is 0.125. The summed E-state index contributed by atoms with van der Waals surface area (Å²) >= 11 is 0. The Bertz CT molecular complexity index is 1530. The molecule has 1 fully saturated rings. The molecule has 2 amide bonds. The van der Waals surface area contributed by atoms with E-state index in [4.69, 9.17) is 5.26 Å². The van der Waals surface area contributed by atoms with E-state index in [-0.39, 0.29) is 46.8 Å². The van der Waals surface area contributed by atoms with Crippen molar-refractivity contribution < 1.29 is 27.8 Å². The number of benzene rings is 1. The molecule has 0 bridgehead atoms. The van der Waals surface area contributed by atoms with E-state index in [2.05, 4.69) is 19.4 Å². The summed E-state index contributed by atoms with van der Waals surface area (Å²) in [5.74, 6) is -1.23. The zero-order valence-electron chi connectivity index (χ0n) is 19.4. The molecule has 0 unspecified atom stereocenters. The van der Waals surface area contributed by atoms with E-state index >= 15 is 0 Å². The van der Waals surface area contributed by atoms with Crippen LogP contribution >= 0.6 is 0 Å². The van der Waals surface area contributed by atoms with Gasteiger partial charge in [-0.2, -0.15) is 5.26 Å². The monoisotopic (exact) mass is 507 g/mol. The molecule has 10 nitrogen and oxygen atoms in total. The normalized spacial score (nSPS) is 15.1. The third-order valence-corrected chi connectivity index (χ3v) is 5.90. The maximum Gasteiger partial charge on any atom is 0.586 e. The van der Waals surface area contributed by atoms with Crippen molar-refractivity contribution in [3.63, 3.8) is 0 Å². The minimum atomic E-state index is -3.80. The van der Waals surface area contributed by atoms with Crippen LogP contribution in [0.3, 0.4) is 0 Å². The quantitative estimate of drug-likeness (QED) is 0.386. The highest BCUT2D eigenvalue weighted by molar-refractivity contribution is 6.02. The fraction of sp³-hybridized carbons (Fsp3) is 0.240. The van der Waals surface area contributed by atoms with Gasteiger partial charge in [-0.15, -0.1) is 8.78 Å².